The van der Waals surface area contributed by atoms with Gasteiger partial charge in [0.1, 0.15) is 5.75 Å². The van der Waals surface area contributed by atoms with Crippen molar-refractivity contribution in [2.45, 2.75) is 23.8 Å². The summed E-state index contributed by atoms with van der Waals surface area (Å²) in [7, 11) is -2.19. The Morgan fingerprint density at radius 1 is 1.23 bits per heavy atom. The maximum Gasteiger partial charge on any atom is 0.255 e. The van der Waals surface area contributed by atoms with Crippen LogP contribution in [0, 0.1) is 11.3 Å². The van der Waals surface area contributed by atoms with Gasteiger partial charge in [-0.2, -0.15) is 5.26 Å². The van der Waals surface area contributed by atoms with Crippen LogP contribution in [-0.2, 0) is 10.0 Å². The molecule has 0 bridgehead atoms. The number of hydrogen-bond acceptors (Lipinski definition) is 5. The van der Waals surface area contributed by atoms with E-state index in [0.29, 0.717) is 17.0 Å². The molecule has 134 valence electrons. The second-order valence-corrected chi connectivity index (χ2v) is 7.62. The van der Waals surface area contributed by atoms with Crippen LogP contribution in [0.2, 0.25) is 0 Å². The van der Waals surface area contributed by atoms with Crippen LogP contribution in [0.3, 0.4) is 0 Å². The van der Waals surface area contributed by atoms with Gasteiger partial charge in [0.05, 0.1) is 29.3 Å². The van der Waals surface area contributed by atoms with Crippen LogP contribution in [0.15, 0.2) is 47.4 Å². The van der Waals surface area contributed by atoms with Crippen molar-refractivity contribution >= 4 is 21.6 Å². The van der Waals surface area contributed by atoms with E-state index in [9.17, 15) is 13.2 Å². The molecule has 0 atom stereocenters. The summed E-state index contributed by atoms with van der Waals surface area (Å²) in [4.78, 5) is 12.6. The standard InChI is InChI=1S/C18H17N3O4S/c1-25-17-8-5-12(11-19)9-16(17)20-18(22)13-3-2-4-15(10-13)26(23,24)21-14-6-7-14/h2-5,8-10,14,21H,6-7H2,1H3,(H,20,22). The van der Waals surface area contributed by atoms with Gasteiger partial charge in [0, 0.05) is 11.6 Å². The molecule has 2 N–H and O–H groups in total. The highest BCUT2D eigenvalue weighted by atomic mass is 32.2. The molecule has 2 aromatic rings. The lowest BCUT2D eigenvalue weighted by Gasteiger charge is -2.11. The molecule has 0 heterocycles. The number of methoxy groups -OCH3 is 1. The Labute approximate surface area is 151 Å². The van der Waals surface area contributed by atoms with Gasteiger partial charge in [-0.15, -0.1) is 0 Å². The largest absolute Gasteiger partial charge is 0.495 e. The summed E-state index contributed by atoms with van der Waals surface area (Å²) in [5, 5.41) is 11.7. The summed E-state index contributed by atoms with van der Waals surface area (Å²) >= 11 is 0. The Bertz CT molecular complexity index is 992. The molecule has 1 aliphatic carbocycles. The lowest BCUT2D eigenvalue weighted by molar-refractivity contribution is 0.102. The first-order valence-corrected chi connectivity index (χ1v) is 9.43. The fourth-order valence-corrected chi connectivity index (χ4v) is 3.71. The molecule has 1 amide bonds. The summed E-state index contributed by atoms with van der Waals surface area (Å²) < 4.78 is 32.4. The highest BCUT2D eigenvalue weighted by Gasteiger charge is 2.28. The zero-order valence-electron chi connectivity index (χ0n) is 14.0. The number of nitriles is 1. The van der Waals surface area contributed by atoms with Crippen molar-refractivity contribution in [3.8, 4) is 11.8 Å². The van der Waals surface area contributed by atoms with Crippen LogP contribution in [0.4, 0.5) is 5.69 Å². The molecule has 1 aliphatic rings. The molecule has 26 heavy (non-hydrogen) atoms. The van der Waals surface area contributed by atoms with Crippen LogP contribution in [0.1, 0.15) is 28.8 Å². The van der Waals surface area contributed by atoms with Crippen LogP contribution in [-0.4, -0.2) is 27.5 Å². The first-order valence-electron chi connectivity index (χ1n) is 7.95. The second kappa shape index (κ2) is 7.15. The Balaban J connectivity index is 1.85. The molecule has 7 nitrogen and oxygen atoms in total. The van der Waals surface area contributed by atoms with E-state index in [1.807, 2.05) is 6.07 Å². The average molecular weight is 371 g/mol. The number of nitrogens with one attached hydrogen (secondary N) is 2. The molecule has 8 heteroatoms. The number of carbonyl (C=O) groups is 1. The van der Waals surface area contributed by atoms with Crippen LogP contribution in [0.25, 0.3) is 0 Å². The second-order valence-electron chi connectivity index (χ2n) is 5.90. The minimum atomic E-state index is -3.65. The molecular weight excluding hydrogens is 354 g/mol. The monoisotopic (exact) mass is 371 g/mol. The summed E-state index contributed by atoms with van der Waals surface area (Å²) in [5.74, 6) is -0.0987. The van der Waals surface area contributed by atoms with E-state index >= 15 is 0 Å². The SMILES string of the molecule is COc1ccc(C#N)cc1NC(=O)c1cccc(S(=O)(=O)NC2CC2)c1. The summed E-state index contributed by atoms with van der Waals surface area (Å²) in [6.07, 6.45) is 1.66. The van der Waals surface area contributed by atoms with Crippen LogP contribution < -0.4 is 14.8 Å². The highest BCUT2D eigenvalue weighted by molar-refractivity contribution is 7.89. The molecule has 0 saturated heterocycles. The lowest BCUT2D eigenvalue weighted by Crippen LogP contribution is -2.26. The Morgan fingerprint density at radius 3 is 2.65 bits per heavy atom. The van der Waals surface area contributed by atoms with Gasteiger partial charge in [0.2, 0.25) is 10.0 Å². The number of carbonyl (C=O) groups excluding carboxylic acids is 1. The molecule has 1 saturated carbocycles. The molecule has 1 fully saturated rings. The van der Waals surface area contributed by atoms with E-state index in [1.165, 1.54) is 37.4 Å². The van der Waals surface area contributed by atoms with Gasteiger partial charge in [-0.25, -0.2) is 13.1 Å². The molecule has 0 spiro atoms. The quantitative estimate of drug-likeness (QED) is 0.810. The van der Waals surface area contributed by atoms with Crippen molar-refractivity contribution in [3.05, 3.63) is 53.6 Å². The Morgan fingerprint density at radius 2 is 2.00 bits per heavy atom. The van der Waals surface area contributed by atoms with E-state index in [0.717, 1.165) is 12.8 Å². The van der Waals surface area contributed by atoms with Gasteiger partial charge in [0.15, 0.2) is 0 Å². The predicted octanol–water partition coefficient (Wildman–Crippen LogP) is 2.26. The predicted molar refractivity (Wildman–Crippen MR) is 95.4 cm³/mol. The topological polar surface area (TPSA) is 108 Å². The molecule has 0 unspecified atom stereocenters. The van der Waals surface area contributed by atoms with E-state index < -0.39 is 15.9 Å². The molecule has 0 radical (unpaired) electrons. The fourth-order valence-electron chi connectivity index (χ4n) is 2.36. The summed E-state index contributed by atoms with van der Waals surface area (Å²) in [6, 6.07) is 12.4. The van der Waals surface area contributed by atoms with Gasteiger partial charge in [0.25, 0.3) is 5.91 Å². The molecule has 0 aromatic heterocycles. The lowest BCUT2D eigenvalue weighted by atomic mass is 10.1. The zero-order chi connectivity index (χ0) is 18.7. The molecular formula is C18H17N3O4S. The van der Waals surface area contributed by atoms with E-state index in [-0.39, 0.29) is 16.5 Å². The third-order valence-corrected chi connectivity index (χ3v) is 5.40. The molecule has 2 aromatic carbocycles. The normalized spacial score (nSPS) is 13.7. The van der Waals surface area contributed by atoms with Gasteiger partial charge < -0.3 is 10.1 Å². The Kier molecular flexibility index (Phi) is 4.93. The summed E-state index contributed by atoms with van der Waals surface area (Å²) in [5.41, 5.74) is 0.889. The van der Waals surface area contributed by atoms with Crippen molar-refractivity contribution in [1.82, 2.24) is 4.72 Å². The van der Waals surface area contributed by atoms with E-state index in [2.05, 4.69) is 10.0 Å². The van der Waals surface area contributed by atoms with Crippen molar-refractivity contribution < 1.29 is 17.9 Å². The summed E-state index contributed by atoms with van der Waals surface area (Å²) in [6.45, 7) is 0. The molecule has 0 aliphatic heterocycles. The Hall–Kier alpha value is -2.89. The maximum absolute atomic E-state index is 12.5. The number of anilines is 1. The average Bonchev–Trinajstić information content (AvgIpc) is 3.45. The number of hydrogen-bond donors (Lipinski definition) is 2. The first kappa shape index (κ1) is 17.9. The van der Waals surface area contributed by atoms with Crippen molar-refractivity contribution in [3.63, 3.8) is 0 Å². The maximum atomic E-state index is 12.5. The smallest absolute Gasteiger partial charge is 0.255 e. The van der Waals surface area contributed by atoms with E-state index in [1.54, 1.807) is 12.1 Å². The van der Waals surface area contributed by atoms with Gasteiger partial charge >= 0.3 is 0 Å². The number of amides is 1. The third kappa shape index (κ3) is 4.02. The molecule has 3 rings (SSSR count). The van der Waals surface area contributed by atoms with Gasteiger partial charge in [-0.1, -0.05) is 6.07 Å². The van der Waals surface area contributed by atoms with Crippen LogP contribution in [0.5, 0.6) is 5.75 Å². The number of nitrogens with zero attached hydrogens (tertiary/aromatic N) is 1. The van der Waals surface area contributed by atoms with Crippen molar-refractivity contribution in [2.24, 2.45) is 0 Å². The zero-order valence-corrected chi connectivity index (χ0v) is 14.8. The first-order chi connectivity index (χ1) is 12.4. The number of sulfonamides is 1. The number of rotatable bonds is 6. The number of ether oxygens (including phenoxy) is 1. The highest BCUT2D eigenvalue weighted by Crippen LogP contribution is 2.26. The van der Waals surface area contributed by atoms with E-state index in [4.69, 9.17) is 10.00 Å². The number of benzene rings is 2. The van der Waals surface area contributed by atoms with Crippen molar-refractivity contribution in [2.75, 3.05) is 12.4 Å². The van der Waals surface area contributed by atoms with Gasteiger partial charge in [-0.3, -0.25) is 4.79 Å². The van der Waals surface area contributed by atoms with Crippen LogP contribution >= 0.6 is 0 Å². The fraction of sp³-hybridized carbons (Fsp3) is 0.222. The minimum Gasteiger partial charge on any atom is -0.495 e. The third-order valence-electron chi connectivity index (χ3n) is 3.88. The van der Waals surface area contributed by atoms with Crippen molar-refractivity contribution in [1.29, 1.82) is 5.26 Å². The van der Waals surface area contributed by atoms with Gasteiger partial charge in [-0.05, 0) is 49.2 Å². The minimum absolute atomic E-state index is 0.0181.